The number of oxazole rings is 1. The summed E-state index contributed by atoms with van der Waals surface area (Å²) in [6.45, 7) is 6.46. The molecule has 0 aliphatic heterocycles. The van der Waals surface area contributed by atoms with E-state index in [1.54, 1.807) is 32.5 Å². The highest BCUT2D eigenvalue weighted by atomic mass is 127. The molecule has 0 saturated carbocycles. The largest absolute Gasteiger partial charge is 0.493 e. The Morgan fingerprint density at radius 2 is 1.92 bits per heavy atom. The quantitative estimate of drug-likeness (QED) is 0.403. The zero-order chi connectivity index (χ0) is 17.7. The number of hydrogen-bond acceptors (Lipinski definition) is 5. The van der Waals surface area contributed by atoms with E-state index in [9.17, 15) is 0 Å². The van der Waals surface area contributed by atoms with Gasteiger partial charge >= 0.3 is 0 Å². The zero-order valence-corrected chi connectivity index (χ0v) is 17.5. The molecule has 2 aromatic rings. The SMILES string of the molecule is COc1ccc(NC(N)=NCc2ncc(C(C)(C)C)o2)cc1OC.I. The van der Waals surface area contributed by atoms with Crippen LogP contribution in [0.3, 0.4) is 0 Å². The second-order valence-corrected chi connectivity index (χ2v) is 6.26. The molecule has 0 fully saturated rings. The molecule has 2 rings (SSSR count). The molecule has 0 aliphatic rings. The van der Waals surface area contributed by atoms with Gasteiger partial charge in [-0.1, -0.05) is 20.8 Å². The van der Waals surface area contributed by atoms with E-state index in [0.717, 1.165) is 11.4 Å². The third-order valence-corrected chi connectivity index (χ3v) is 3.33. The van der Waals surface area contributed by atoms with Crippen LogP contribution < -0.4 is 20.5 Å². The van der Waals surface area contributed by atoms with E-state index in [-0.39, 0.29) is 41.9 Å². The van der Waals surface area contributed by atoms with Gasteiger partial charge < -0.3 is 24.9 Å². The molecule has 25 heavy (non-hydrogen) atoms. The maximum Gasteiger partial charge on any atom is 0.216 e. The van der Waals surface area contributed by atoms with Crippen LogP contribution in [0.2, 0.25) is 0 Å². The second-order valence-electron chi connectivity index (χ2n) is 6.26. The van der Waals surface area contributed by atoms with E-state index in [1.807, 2.05) is 6.07 Å². The van der Waals surface area contributed by atoms with Gasteiger partial charge in [0.25, 0.3) is 0 Å². The van der Waals surface area contributed by atoms with Crippen LogP contribution in [0.15, 0.2) is 33.8 Å². The molecule has 7 nitrogen and oxygen atoms in total. The van der Waals surface area contributed by atoms with Crippen molar-refractivity contribution in [3.8, 4) is 11.5 Å². The fourth-order valence-corrected chi connectivity index (χ4v) is 1.98. The van der Waals surface area contributed by atoms with Gasteiger partial charge in [0, 0.05) is 17.2 Å². The third-order valence-electron chi connectivity index (χ3n) is 3.33. The van der Waals surface area contributed by atoms with Crippen LogP contribution >= 0.6 is 24.0 Å². The highest BCUT2D eigenvalue weighted by molar-refractivity contribution is 14.0. The Morgan fingerprint density at radius 1 is 1.24 bits per heavy atom. The summed E-state index contributed by atoms with van der Waals surface area (Å²) in [7, 11) is 3.16. The molecule has 0 radical (unpaired) electrons. The molecule has 1 aromatic heterocycles. The number of anilines is 1. The van der Waals surface area contributed by atoms with Gasteiger partial charge in [-0.2, -0.15) is 0 Å². The molecular weight excluding hydrogens is 435 g/mol. The Kier molecular flexibility index (Phi) is 7.53. The average molecular weight is 460 g/mol. The van der Waals surface area contributed by atoms with Crippen LogP contribution in [0.5, 0.6) is 11.5 Å². The van der Waals surface area contributed by atoms with Crippen molar-refractivity contribution in [3.63, 3.8) is 0 Å². The standard InChI is InChI=1S/C17H24N4O3.HI/c1-17(2,3)14-9-19-15(24-14)10-20-16(18)21-11-6-7-12(22-4)13(8-11)23-5;/h6-9H,10H2,1-5H3,(H3,18,20,21);1H. The van der Waals surface area contributed by atoms with Crippen molar-refractivity contribution >= 4 is 35.6 Å². The molecule has 0 bridgehead atoms. The van der Waals surface area contributed by atoms with Crippen molar-refractivity contribution in [1.29, 1.82) is 0 Å². The fraction of sp³-hybridized carbons (Fsp3) is 0.412. The molecule has 0 spiro atoms. The van der Waals surface area contributed by atoms with Crippen LogP contribution in [-0.2, 0) is 12.0 Å². The first-order valence-electron chi connectivity index (χ1n) is 7.57. The van der Waals surface area contributed by atoms with E-state index in [0.29, 0.717) is 17.4 Å². The molecule has 0 aliphatic carbocycles. The van der Waals surface area contributed by atoms with Gasteiger partial charge in [0.15, 0.2) is 17.5 Å². The van der Waals surface area contributed by atoms with E-state index in [2.05, 4.69) is 36.1 Å². The number of aliphatic imine (C=N–C) groups is 1. The number of benzene rings is 1. The van der Waals surface area contributed by atoms with E-state index < -0.39 is 0 Å². The number of nitrogens with one attached hydrogen (secondary N) is 1. The minimum atomic E-state index is -0.0849. The average Bonchev–Trinajstić information content (AvgIpc) is 3.02. The Bertz CT molecular complexity index is 723. The predicted octanol–water partition coefficient (Wildman–Crippen LogP) is 3.53. The van der Waals surface area contributed by atoms with Crippen LogP contribution in [0.1, 0.15) is 32.4 Å². The van der Waals surface area contributed by atoms with Crippen molar-refractivity contribution in [2.75, 3.05) is 19.5 Å². The topological polar surface area (TPSA) is 94.9 Å². The Balaban J connectivity index is 0.00000312. The first-order chi connectivity index (χ1) is 11.3. The summed E-state index contributed by atoms with van der Waals surface area (Å²) in [6, 6.07) is 5.40. The summed E-state index contributed by atoms with van der Waals surface area (Å²) in [5, 5.41) is 3.00. The molecule has 1 aromatic carbocycles. The van der Waals surface area contributed by atoms with Gasteiger partial charge in [0.1, 0.15) is 12.3 Å². The monoisotopic (exact) mass is 460 g/mol. The van der Waals surface area contributed by atoms with Crippen LogP contribution in [-0.4, -0.2) is 25.2 Å². The Labute approximate surface area is 165 Å². The molecule has 8 heteroatoms. The van der Waals surface area contributed by atoms with Crippen LogP contribution in [0.4, 0.5) is 5.69 Å². The van der Waals surface area contributed by atoms with Gasteiger partial charge in [-0.25, -0.2) is 9.98 Å². The normalized spacial score (nSPS) is 11.6. The molecule has 3 N–H and O–H groups in total. The summed E-state index contributed by atoms with van der Waals surface area (Å²) in [4.78, 5) is 8.46. The number of aromatic nitrogens is 1. The first-order valence-corrected chi connectivity index (χ1v) is 7.57. The molecule has 0 unspecified atom stereocenters. The lowest BCUT2D eigenvalue weighted by Crippen LogP contribution is -2.22. The highest BCUT2D eigenvalue weighted by Crippen LogP contribution is 2.29. The minimum Gasteiger partial charge on any atom is -0.493 e. The molecule has 1 heterocycles. The van der Waals surface area contributed by atoms with Crippen molar-refractivity contribution in [2.45, 2.75) is 32.7 Å². The lowest BCUT2D eigenvalue weighted by Gasteiger charge is -2.13. The molecular formula is C17H25IN4O3. The van der Waals surface area contributed by atoms with Crippen molar-refractivity contribution in [2.24, 2.45) is 10.7 Å². The first kappa shape index (κ1) is 21.1. The van der Waals surface area contributed by atoms with Gasteiger partial charge in [0.2, 0.25) is 5.89 Å². The summed E-state index contributed by atoms with van der Waals surface area (Å²) in [5.41, 5.74) is 6.57. The molecule has 0 atom stereocenters. The second kappa shape index (κ2) is 8.93. The summed E-state index contributed by atoms with van der Waals surface area (Å²) < 4.78 is 16.1. The Hall–Kier alpha value is -1.97. The fourth-order valence-electron chi connectivity index (χ4n) is 1.98. The molecule has 0 amide bonds. The highest BCUT2D eigenvalue weighted by Gasteiger charge is 2.18. The summed E-state index contributed by atoms with van der Waals surface area (Å²) in [5.74, 6) is 2.86. The number of nitrogens with two attached hydrogens (primary N) is 1. The zero-order valence-electron chi connectivity index (χ0n) is 15.1. The Morgan fingerprint density at radius 3 is 2.48 bits per heavy atom. The van der Waals surface area contributed by atoms with Crippen molar-refractivity contribution in [3.05, 3.63) is 36.0 Å². The lowest BCUT2D eigenvalue weighted by atomic mass is 9.94. The predicted molar refractivity (Wildman–Crippen MR) is 109 cm³/mol. The summed E-state index contributed by atoms with van der Waals surface area (Å²) in [6.07, 6.45) is 1.73. The lowest BCUT2D eigenvalue weighted by molar-refractivity contribution is 0.355. The van der Waals surface area contributed by atoms with Gasteiger partial charge in [-0.05, 0) is 12.1 Å². The maximum absolute atomic E-state index is 5.91. The number of hydrogen-bond donors (Lipinski definition) is 2. The number of guanidine groups is 1. The van der Waals surface area contributed by atoms with Crippen LogP contribution in [0.25, 0.3) is 0 Å². The number of rotatable bonds is 5. The van der Waals surface area contributed by atoms with E-state index in [1.165, 1.54) is 0 Å². The minimum absolute atomic E-state index is 0. The van der Waals surface area contributed by atoms with Gasteiger partial charge in [0.05, 0.1) is 20.4 Å². The summed E-state index contributed by atoms with van der Waals surface area (Å²) >= 11 is 0. The number of halogens is 1. The van der Waals surface area contributed by atoms with E-state index in [4.69, 9.17) is 19.6 Å². The van der Waals surface area contributed by atoms with Crippen molar-refractivity contribution in [1.82, 2.24) is 4.98 Å². The smallest absolute Gasteiger partial charge is 0.216 e. The van der Waals surface area contributed by atoms with Gasteiger partial charge in [-0.15, -0.1) is 24.0 Å². The van der Waals surface area contributed by atoms with Gasteiger partial charge in [-0.3, -0.25) is 0 Å². The third kappa shape index (κ3) is 5.80. The maximum atomic E-state index is 5.91. The van der Waals surface area contributed by atoms with Crippen molar-refractivity contribution < 1.29 is 13.9 Å². The molecule has 138 valence electrons. The molecule has 0 saturated heterocycles. The van der Waals surface area contributed by atoms with E-state index >= 15 is 0 Å². The van der Waals surface area contributed by atoms with Crippen LogP contribution in [0, 0.1) is 0 Å². The number of ether oxygens (including phenoxy) is 2. The number of nitrogens with zero attached hydrogens (tertiary/aromatic N) is 2. The number of methoxy groups -OCH3 is 2.